The lowest BCUT2D eigenvalue weighted by molar-refractivity contribution is 0.215. The number of rotatable bonds is 2. The summed E-state index contributed by atoms with van der Waals surface area (Å²) < 4.78 is 5.06. The summed E-state index contributed by atoms with van der Waals surface area (Å²) in [6.45, 7) is 0. The van der Waals surface area contributed by atoms with Crippen molar-refractivity contribution in [3.05, 3.63) is 59.1 Å². The van der Waals surface area contributed by atoms with Gasteiger partial charge in [0, 0.05) is 10.7 Å². The normalized spacial score (nSPS) is 9.47. The van der Waals surface area contributed by atoms with E-state index in [1.165, 1.54) is 18.2 Å². The first-order valence-corrected chi connectivity index (χ1v) is 5.80. The van der Waals surface area contributed by atoms with Crippen LogP contribution in [-0.2, 0) is 0 Å². The van der Waals surface area contributed by atoms with Crippen LogP contribution >= 0.6 is 11.6 Å². The van der Waals surface area contributed by atoms with Gasteiger partial charge in [0.2, 0.25) is 0 Å². The van der Waals surface area contributed by atoms with Crippen molar-refractivity contribution in [2.45, 2.75) is 0 Å². The van der Waals surface area contributed by atoms with Crippen LogP contribution < -0.4 is 10.1 Å². The highest BCUT2D eigenvalue weighted by atomic mass is 35.5. The molecule has 2 aromatic carbocycles. The molecular formula is C14H9ClN2O2. The van der Waals surface area contributed by atoms with E-state index in [1.54, 1.807) is 24.3 Å². The molecule has 0 aliphatic heterocycles. The summed E-state index contributed by atoms with van der Waals surface area (Å²) in [6, 6.07) is 15.2. The van der Waals surface area contributed by atoms with Gasteiger partial charge in [0.1, 0.15) is 5.75 Å². The number of para-hydroxylation sites is 1. The van der Waals surface area contributed by atoms with Crippen LogP contribution in [0.3, 0.4) is 0 Å². The van der Waals surface area contributed by atoms with E-state index in [0.29, 0.717) is 22.0 Å². The lowest BCUT2D eigenvalue weighted by Crippen LogP contribution is -2.16. The molecule has 0 atom stereocenters. The van der Waals surface area contributed by atoms with Crippen molar-refractivity contribution in [1.82, 2.24) is 0 Å². The fraction of sp³-hybridized carbons (Fsp3) is 0. The SMILES string of the molecule is N#Cc1cc(Cl)cc(NC(=O)Oc2ccccc2)c1. The zero-order valence-electron chi connectivity index (χ0n) is 9.76. The maximum atomic E-state index is 11.6. The number of carbonyl (C=O) groups is 1. The summed E-state index contributed by atoms with van der Waals surface area (Å²) in [5.74, 6) is 0.433. The maximum Gasteiger partial charge on any atom is 0.417 e. The molecule has 0 bridgehead atoms. The van der Waals surface area contributed by atoms with Gasteiger partial charge in [0.05, 0.1) is 11.6 Å². The van der Waals surface area contributed by atoms with Gasteiger partial charge in [0.25, 0.3) is 0 Å². The molecule has 1 N–H and O–H groups in total. The first-order chi connectivity index (χ1) is 9.17. The van der Waals surface area contributed by atoms with E-state index < -0.39 is 6.09 Å². The average molecular weight is 273 g/mol. The highest BCUT2D eigenvalue weighted by Gasteiger charge is 2.06. The number of ether oxygens (including phenoxy) is 1. The molecule has 2 rings (SSSR count). The lowest BCUT2D eigenvalue weighted by atomic mass is 10.2. The average Bonchev–Trinajstić information content (AvgIpc) is 2.38. The minimum absolute atomic E-state index is 0.363. The molecular weight excluding hydrogens is 264 g/mol. The van der Waals surface area contributed by atoms with Crippen molar-refractivity contribution < 1.29 is 9.53 Å². The smallest absolute Gasteiger partial charge is 0.410 e. The molecule has 1 amide bonds. The number of nitrogens with zero attached hydrogens (tertiary/aromatic N) is 1. The Labute approximate surface area is 115 Å². The van der Waals surface area contributed by atoms with Crippen LogP contribution in [0.4, 0.5) is 10.5 Å². The number of amides is 1. The Morgan fingerprint density at radius 3 is 2.63 bits per heavy atom. The standard InChI is InChI=1S/C14H9ClN2O2/c15-11-6-10(9-16)7-12(8-11)17-14(18)19-13-4-2-1-3-5-13/h1-8H,(H,17,18). The Hall–Kier alpha value is -2.51. The van der Waals surface area contributed by atoms with E-state index in [9.17, 15) is 4.79 Å². The number of anilines is 1. The van der Waals surface area contributed by atoms with E-state index in [2.05, 4.69) is 5.32 Å². The number of halogens is 1. The monoisotopic (exact) mass is 272 g/mol. The van der Waals surface area contributed by atoms with Gasteiger partial charge in [-0.15, -0.1) is 0 Å². The molecule has 0 radical (unpaired) electrons. The van der Waals surface area contributed by atoms with Crippen molar-refractivity contribution in [3.8, 4) is 11.8 Å². The van der Waals surface area contributed by atoms with Gasteiger partial charge >= 0.3 is 6.09 Å². The predicted molar refractivity (Wildman–Crippen MR) is 72.3 cm³/mol. The topological polar surface area (TPSA) is 62.1 Å². The van der Waals surface area contributed by atoms with E-state index in [0.717, 1.165) is 0 Å². The first-order valence-electron chi connectivity index (χ1n) is 5.42. The van der Waals surface area contributed by atoms with E-state index >= 15 is 0 Å². The summed E-state index contributed by atoms with van der Waals surface area (Å²) in [5, 5.41) is 11.7. The molecule has 4 nitrogen and oxygen atoms in total. The zero-order chi connectivity index (χ0) is 13.7. The fourth-order valence-electron chi connectivity index (χ4n) is 1.47. The predicted octanol–water partition coefficient (Wildman–Crippen LogP) is 3.82. The second kappa shape index (κ2) is 5.89. The minimum atomic E-state index is -0.641. The van der Waals surface area contributed by atoms with Crippen molar-refractivity contribution in [1.29, 1.82) is 5.26 Å². The Balaban J connectivity index is 2.07. The van der Waals surface area contributed by atoms with Crippen LogP contribution in [0.5, 0.6) is 5.75 Å². The highest BCUT2D eigenvalue weighted by molar-refractivity contribution is 6.31. The quantitative estimate of drug-likeness (QED) is 0.904. The number of hydrogen-bond acceptors (Lipinski definition) is 3. The van der Waals surface area contributed by atoms with Gasteiger partial charge < -0.3 is 4.74 Å². The van der Waals surface area contributed by atoms with Gasteiger partial charge in [0.15, 0.2) is 0 Å². The van der Waals surface area contributed by atoms with Gasteiger partial charge in [-0.3, -0.25) is 5.32 Å². The first kappa shape index (κ1) is 12.9. The second-order valence-electron chi connectivity index (χ2n) is 3.67. The largest absolute Gasteiger partial charge is 0.417 e. The molecule has 5 heteroatoms. The number of nitriles is 1. The van der Waals surface area contributed by atoms with E-state index in [1.807, 2.05) is 12.1 Å². The van der Waals surface area contributed by atoms with E-state index in [4.69, 9.17) is 21.6 Å². The number of benzene rings is 2. The third-order valence-corrected chi connectivity index (χ3v) is 2.45. The van der Waals surface area contributed by atoms with E-state index in [-0.39, 0.29) is 0 Å². The summed E-state index contributed by atoms with van der Waals surface area (Å²) in [7, 11) is 0. The van der Waals surface area contributed by atoms with Crippen LogP contribution in [0.2, 0.25) is 5.02 Å². The number of hydrogen-bond donors (Lipinski definition) is 1. The Bertz CT molecular complexity index is 636. The second-order valence-corrected chi connectivity index (χ2v) is 4.10. The molecule has 0 fully saturated rings. The molecule has 19 heavy (non-hydrogen) atoms. The molecule has 0 aliphatic rings. The minimum Gasteiger partial charge on any atom is -0.410 e. The molecule has 0 aliphatic carbocycles. The molecule has 0 heterocycles. The third kappa shape index (κ3) is 3.73. The van der Waals surface area contributed by atoms with Gasteiger partial charge in [-0.1, -0.05) is 29.8 Å². The van der Waals surface area contributed by atoms with Crippen molar-refractivity contribution in [2.24, 2.45) is 0 Å². The molecule has 2 aromatic rings. The summed E-state index contributed by atoms with van der Waals surface area (Å²) in [4.78, 5) is 11.6. The molecule has 94 valence electrons. The highest BCUT2D eigenvalue weighted by Crippen LogP contribution is 2.19. The number of carbonyl (C=O) groups excluding carboxylic acids is 1. The fourth-order valence-corrected chi connectivity index (χ4v) is 1.70. The Morgan fingerprint density at radius 1 is 1.21 bits per heavy atom. The van der Waals surface area contributed by atoms with Crippen molar-refractivity contribution >= 4 is 23.4 Å². The van der Waals surface area contributed by atoms with Gasteiger partial charge in [-0.05, 0) is 30.3 Å². The third-order valence-electron chi connectivity index (χ3n) is 2.23. The summed E-state index contributed by atoms with van der Waals surface area (Å²) >= 11 is 5.83. The van der Waals surface area contributed by atoms with Crippen LogP contribution in [0, 0.1) is 11.3 Å². The lowest BCUT2D eigenvalue weighted by Gasteiger charge is -2.07. The maximum absolute atomic E-state index is 11.6. The van der Waals surface area contributed by atoms with Crippen LogP contribution in [0.1, 0.15) is 5.56 Å². The van der Waals surface area contributed by atoms with Gasteiger partial charge in [-0.25, -0.2) is 4.79 Å². The molecule has 0 aromatic heterocycles. The molecule has 0 spiro atoms. The summed E-state index contributed by atoms with van der Waals surface area (Å²) in [5.41, 5.74) is 0.771. The van der Waals surface area contributed by atoms with Gasteiger partial charge in [-0.2, -0.15) is 5.26 Å². The van der Waals surface area contributed by atoms with Crippen molar-refractivity contribution in [3.63, 3.8) is 0 Å². The van der Waals surface area contributed by atoms with Crippen LogP contribution in [0.25, 0.3) is 0 Å². The number of nitrogens with one attached hydrogen (secondary N) is 1. The van der Waals surface area contributed by atoms with Crippen LogP contribution in [0.15, 0.2) is 48.5 Å². The Morgan fingerprint density at radius 2 is 1.95 bits per heavy atom. The summed E-state index contributed by atoms with van der Waals surface area (Å²) in [6.07, 6.45) is -0.641. The van der Waals surface area contributed by atoms with Crippen molar-refractivity contribution in [2.75, 3.05) is 5.32 Å². The molecule has 0 unspecified atom stereocenters. The molecule has 0 saturated heterocycles. The zero-order valence-corrected chi connectivity index (χ0v) is 10.5. The Kier molecular flexibility index (Phi) is 4.01. The van der Waals surface area contributed by atoms with Crippen LogP contribution in [-0.4, -0.2) is 6.09 Å². The molecule has 0 saturated carbocycles.